The molecule has 1 aromatic heterocycles. The van der Waals surface area contributed by atoms with Gasteiger partial charge in [-0.25, -0.2) is 4.98 Å². The zero-order valence-corrected chi connectivity index (χ0v) is 18.6. The first-order valence-electron chi connectivity index (χ1n) is 10.9. The fraction of sp³-hybridized carbons (Fsp3) is 0.458. The fourth-order valence-corrected chi connectivity index (χ4v) is 4.09. The van der Waals surface area contributed by atoms with Crippen LogP contribution >= 0.6 is 0 Å². The van der Waals surface area contributed by atoms with Gasteiger partial charge in [-0.3, -0.25) is 14.5 Å². The number of carbonyl (C=O) groups is 2. The Bertz CT molecular complexity index is 897. The maximum atomic E-state index is 13.1. The van der Waals surface area contributed by atoms with E-state index in [1.165, 1.54) is 0 Å². The first-order valence-corrected chi connectivity index (χ1v) is 10.9. The molecule has 1 saturated heterocycles. The van der Waals surface area contributed by atoms with Gasteiger partial charge in [0.05, 0.1) is 6.04 Å². The van der Waals surface area contributed by atoms with Crippen LogP contribution < -0.4 is 16.4 Å². The topological polar surface area (TPSA) is 100 Å². The minimum atomic E-state index is -0.648. The molecule has 1 aromatic carbocycles. The van der Waals surface area contributed by atoms with E-state index in [2.05, 4.69) is 34.4 Å². The molecule has 0 saturated carbocycles. The molecule has 166 valence electrons. The molecule has 7 nitrogen and oxygen atoms in total. The third-order valence-electron chi connectivity index (χ3n) is 5.73. The number of rotatable bonds is 8. The second-order valence-electron chi connectivity index (χ2n) is 8.55. The number of hydrogen-bond acceptors (Lipinski definition) is 5. The number of pyridine rings is 1. The van der Waals surface area contributed by atoms with Crippen LogP contribution in [0.25, 0.3) is 0 Å². The Morgan fingerprint density at radius 1 is 1.23 bits per heavy atom. The van der Waals surface area contributed by atoms with Crippen molar-refractivity contribution in [3.63, 3.8) is 0 Å². The molecule has 1 aliphatic rings. The number of nitrogens with two attached hydrogens (primary N) is 1. The third-order valence-corrected chi connectivity index (χ3v) is 5.73. The summed E-state index contributed by atoms with van der Waals surface area (Å²) in [6.45, 7) is 7.46. The number of benzene rings is 1. The summed E-state index contributed by atoms with van der Waals surface area (Å²) in [6, 6.07) is 11.0. The standard InChI is InChI=1S/C24H33N5O2/c1-16(2)29-11-5-8-21(29)24(31)28-20(13-18-7-4-6-17(3)12-18)23(30)27-15-19-9-10-22(25)26-14-19/h4,6-7,9-10,12,14,16,20-21H,5,8,11,13,15H2,1-3H3,(H2,25,26)(H,27,30)(H,28,31)/t20-,21+/m0/s1. The number of likely N-dealkylation sites (tertiary alicyclic amines) is 1. The molecular formula is C24H33N5O2. The van der Waals surface area contributed by atoms with Gasteiger partial charge in [0, 0.05) is 25.2 Å². The smallest absolute Gasteiger partial charge is 0.243 e. The summed E-state index contributed by atoms with van der Waals surface area (Å²) in [5.41, 5.74) is 8.62. The van der Waals surface area contributed by atoms with Crippen molar-refractivity contribution in [1.29, 1.82) is 0 Å². The summed E-state index contributed by atoms with van der Waals surface area (Å²) in [6.07, 6.45) is 3.89. The Morgan fingerprint density at radius 3 is 2.71 bits per heavy atom. The van der Waals surface area contributed by atoms with Gasteiger partial charge in [0.2, 0.25) is 11.8 Å². The molecule has 2 amide bonds. The number of nitrogen functional groups attached to an aromatic ring is 1. The van der Waals surface area contributed by atoms with E-state index in [0.717, 1.165) is 36.1 Å². The van der Waals surface area contributed by atoms with Crippen LogP contribution in [-0.4, -0.2) is 46.4 Å². The SMILES string of the molecule is Cc1cccc(C[C@H](NC(=O)[C@H]2CCCN2C(C)C)C(=O)NCc2ccc(N)nc2)c1. The predicted molar refractivity (Wildman–Crippen MR) is 122 cm³/mol. The van der Waals surface area contributed by atoms with E-state index in [-0.39, 0.29) is 17.9 Å². The lowest BCUT2D eigenvalue weighted by molar-refractivity contribution is -0.131. The molecule has 1 fully saturated rings. The summed E-state index contributed by atoms with van der Waals surface area (Å²) in [7, 11) is 0. The van der Waals surface area contributed by atoms with Gasteiger partial charge in [-0.2, -0.15) is 0 Å². The number of aryl methyl sites for hydroxylation is 1. The number of aromatic nitrogens is 1. The van der Waals surface area contributed by atoms with Crippen LogP contribution in [0.5, 0.6) is 0 Å². The van der Waals surface area contributed by atoms with Crippen molar-refractivity contribution < 1.29 is 9.59 Å². The molecule has 0 aliphatic carbocycles. The summed E-state index contributed by atoms with van der Waals surface area (Å²) in [4.78, 5) is 32.4. The highest BCUT2D eigenvalue weighted by Crippen LogP contribution is 2.20. The van der Waals surface area contributed by atoms with E-state index in [0.29, 0.717) is 24.8 Å². The number of hydrogen-bond donors (Lipinski definition) is 3. The minimum absolute atomic E-state index is 0.0758. The van der Waals surface area contributed by atoms with E-state index in [1.54, 1.807) is 12.3 Å². The van der Waals surface area contributed by atoms with Crippen molar-refractivity contribution in [3.8, 4) is 0 Å². The normalized spacial score (nSPS) is 17.5. The van der Waals surface area contributed by atoms with Gasteiger partial charge in [0.15, 0.2) is 0 Å². The lowest BCUT2D eigenvalue weighted by Crippen LogP contribution is -2.53. The van der Waals surface area contributed by atoms with Crippen LogP contribution in [0, 0.1) is 6.92 Å². The molecular weight excluding hydrogens is 390 g/mol. The number of anilines is 1. The predicted octanol–water partition coefficient (Wildman–Crippen LogP) is 2.19. The maximum absolute atomic E-state index is 13.1. The van der Waals surface area contributed by atoms with E-state index < -0.39 is 6.04 Å². The third kappa shape index (κ3) is 6.28. The lowest BCUT2D eigenvalue weighted by atomic mass is 10.0. The average molecular weight is 424 g/mol. The molecule has 1 aliphatic heterocycles. The zero-order chi connectivity index (χ0) is 22.4. The molecule has 0 radical (unpaired) electrons. The second kappa shape index (κ2) is 10.4. The van der Waals surface area contributed by atoms with Crippen molar-refractivity contribution in [2.45, 2.75) is 64.7 Å². The van der Waals surface area contributed by atoms with Gasteiger partial charge in [0.25, 0.3) is 0 Å². The van der Waals surface area contributed by atoms with Gasteiger partial charge >= 0.3 is 0 Å². The maximum Gasteiger partial charge on any atom is 0.243 e. The molecule has 7 heteroatoms. The highest BCUT2D eigenvalue weighted by molar-refractivity contribution is 5.90. The largest absolute Gasteiger partial charge is 0.384 e. The molecule has 3 rings (SSSR count). The molecule has 2 heterocycles. The lowest BCUT2D eigenvalue weighted by Gasteiger charge is -2.29. The Kier molecular flexibility index (Phi) is 7.63. The molecule has 2 atom stereocenters. The van der Waals surface area contributed by atoms with Crippen molar-refractivity contribution in [3.05, 3.63) is 59.3 Å². The molecule has 0 bridgehead atoms. The molecule has 0 spiro atoms. The van der Waals surface area contributed by atoms with Crippen molar-refractivity contribution in [2.75, 3.05) is 12.3 Å². The van der Waals surface area contributed by atoms with Gasteiger partial charge in [0.1, 0.15) is 11.9 Å². The zero-order valence-electron chi connectivity index (χ0n) is 18.6. The second-order valence-corrected chi connectivity index (χ2v) is 8.55. The summed E-state index contributed by atoms with van der Waals surface area (Å²) < 4.78 is 0. The van der Waals surface area contributed by atoms with Gasteiger partial charge < -0.3 is 16.4 Å². The van der Waals surface area contributed by atoms with Gasteiger partial charge in [-0.05, 0) is 57.4 Å². The quantitative estimate of drug-likeness (QED) is 0.604. The van der Waals surface area contributed by atoms with Crippen molar-refractivity contribution >= 4 is 17.6 Å². The summed E-state index contributed by atoms with van der Waals surface area (Å²) >= 11 is 0. The molecule has 31 heavy (non-hydrogen) atoms. The Labute approximate surface area is 184 Å². The first kappa shape index (κ1) is 22.7. The van der Waals surface area contributed by atoms with Gasteiger partial charge in [-0.1, -0.05) is 35.9 Å². The summed E-state index contributed by atoms with van der Waals surface area (Å²) in [5, 5.41) is 5.96. The molecule has 4 N–H and O–H groups in total. The highest BCUT2D eigenvalue weighted by atomic mass is 16.2. The van der Waals surface area contributed by atoms with E-state index in [1.807, 2.05) is 37.3 Å². The number of carbonyl (C=O) groups excluding carboxylic acids is 2. The van der Waals surface area contributed by atoms with Crippen LogP contribution in [0.2, 0.25) is 0 Å². The highest BCUT2D eigenvalue weighted by Gasteiger charge is 2.34. The van der Waals surface area contributed by atoms with E-state index in [9.17, 15) is 9.59 Å². The Balaban J connectivity index is 1.71. The molecule has 0 unspecified atom stereocenters. The Hall–Kier alpha value is -2.93. The van der Waals surface area contributed by atoms with Crippen LogP contribution in [0.4, 0.5) is 5.82 Å². The van der Waals surface area contributed by atoms with Crippen molar-refractivity contribution in [1.82, 2.24) is 20.5 Å². The van der Waals surface area contributed by atoms with Gasteiger partial charge in [-0.15, -0.1) is 0 Å². The number of nitrogens with zero attached hydrogens (tertiary/aromatic N) is 2. The first-order chi connectivity index (χ1) is 14.8. The van der Waals surface area contributed by atoms with Crippen LogP contribution in [0.3, 0.4) is 0 Å². The number of amides is 2. The monoisotopic (exact) mass is 423 g/mol. The van der Waals surface area contributed by atoms with Crippen LogP contribution in [0.1, 0.15) is 43.4 Å². The number of nitrogens with one attached hydrogen (secondary N) is 2. The van der Waals surface area contributed by atoms with E-state index in [4.69, 9.17) is 5.73 Å². The Morgan fingerprint density at radius 2 is 2.03 bits per heavy atom. The fourth-order valence-electron chi connectivity index (χ4n) is 4.09. The van der Waals surface area contributed by atoms with Crippen LogP contribution in [0.15, 0.2) is 42.6 Å². The average Bonchev–Trinajstić information content (AvgIpc) is 3.23. The molecule has 2 aromatic rings. The van der Waals surface area contributed by atoms with Crippen molar-refractivity contribution in [2.24, 2.45) is 0 Å². The minimum Gasteiger partial charge on any atom is -0.384 e. The van der Waals surface area contributed by atoms with Crippen LogP contribution in [-0.2, 0) is 22.6 Å². The summed E-state index contributed by atoms with van der Waals surface area (Å²) in [5.74, 6) is 0.153. The van der Waals surface area contributed by atoms with E-state index >= 15 is 0 Å².